The number of rotatable bonds is 4. The second kappa shape index (κ2) is 12.9. The zero-order valence-electron chi connectivity index (χ0n) is 20.8. The fourth-order valence-electron chi connectivity index (χ4n) is 3.51. The molecule has 38 heavy (non-hydrogen) atoms. The highest BCUT2D eigenvalue weighted by atomic mass is 35.5. The zero-order chi connectivity index (χ0) is 28.8. The van der Waals surface area contributed by atoms with Crippen LogP contribution in [0.25, 0.3) is 0 Å². The first-order chi connectivity index (χ1) is 17.5. The van der Waals surface area contributed by atoms with Crippen molar-refractivity contribution in [1.29, 1.82) is 0 Å². The van der Waals surface area contributed by atoms with Crippen molar-refractivity contribution in [2.24, 2.45) is 5.41 Å². The SMILES string of the molecule is CC(C)(C)[C@@H](NC(=O)c1ccc(Cl)cc1)C(=O)N1CCN(c2ccc(Cl)c(Cl)c2)CC1.O=C(O)C(F)(F)F. The fraction of sp³-hybridized carbons (Fsp3) is 0.400. The van der Waals surface area contributed by atoms with Crippen LogP contribution in [0.1, 0.15) is 31.1 Å². The molecule has 1 atom stereocenters. The van der Waals surface area contributed by atoms with Crippen molar-refractivity contribution >= 4 is 58.3 Å². The molecule has 3 rings (SSSR count). The van der Waals surface area contributed by atoms with E-state index in [1.54, 1.807) is 30.3 Å². The Kier molecular flexibility index (Phi) is 10.7. The molecule has 0 aromatic heterocycles. The summed E-state index contributed by atoms with van der Waals surface area (Å²) in [5.41, 5.74) is 1.00. The molecule has 1 saturated heterocycles. The number of carbonyl (C=O) groups is 3. The summed E-state index contributed by atoms with van der Waals surface area (Å²) in [6.07, 6.45) is -5.08. The van der Waals surface area contributed by atoms with Crippen molar-refractivity contribution in [3.63, 3.8) is 0 Å². The third-order valence-corrected chi connectivity index (χ3v) is 6.59. The van der Waals surface area contributed by atoms with Crippen molar-refractivity contribution in [1.82, 2.24) is 10.2 Å². The lowest BCUT2D eigenvalue weighted by molar-refractivity contribution is -0.192. The number of aliphatic carboxylic acids is 1. The minimum absolute atomic E-state index is 0.0800. The molecule has 1 aliphatic heterocycles. The lowest BCUT2D eigenvalue weighted by Crippen LogP contribution is -2.58. The van der Waals surface area contributed by atoms with E-state index in [9.17, 15) is 22.8 Å². The van der Waals surface area contributed by atoms with Crippen LogP contribution in [0.3, 0.4) is 0 Å². The highest BCUT2D eigenvalue weighted by Crippen LogP contribution is 2.28. The Morgan fingerprint density at radius 2 is 1.42 bits per heavy atom. The van der Waals surface area contributed by atoms with Gasteiger partial charge in [-0.15, -0.1) is 0 Å². The average molecular weight is 597 g/mol. The van der Waals surface area contributed by atoms with Crippen LogP contribution in [-0.2, 0) is 9.59 Å². The summed E-state index contributed by atoms with van der Waals surface area (Å²) in [5.74, 6) is -3.13. The molecule has 7 nitrogen and oxygen atoms in total. The van der Waals surface area contributed by atoms with Gasteiger partial charge in [-0.1, -0.05) is 55.6 Å². The molecule has 0 spiro atoms. The van der Waals surface area contributed by atoms with Gasteiger partial charge in [0.2, 0.25) is 5.91 Å². The third kappa shape index (κ3) is 8.96. The first-order valence-corrected chi connectivity index (χ1v) is 12.5. The Morgan fingerprint density at radius 3 is 1.87 bits per heavy atom. The smallest absolute Gasteiger partial charge is 0.475 e. The molecule has 1 heterocycles. The lowest BCUT2D eigenvalue weighted by Gasteiger charge is -2.40. The molecule has 13 heteroatoms. The molecule has 2 aromatic rings. The number of amides is 2. The summed E-state index contributed by atoms with van der Waals surface area (Å²) in [6, 6.07) is 11.5. The fourth-order valence-corrected chi connectivity index (χ4v) is 3.93. The topological polar surface area (TPSA) is 90.0 Å². The number of alkyl halides is 3. The predicted octanol–water partition coefficient (Wildman–Crippen LogP) is 5.77. The minimum atomic E-state index is -5.08. The number of hydrogen-bond acceptors (Lipinski definition) is 4. The van der Waals surface area contributed by atoms with Crippen LogP contribution in [0.4, 0.5) is 18.9 Å². The largest absolute Gasteiger partial charge is 0.490 e. The molecule has 0 saturated carbocycles. The van der Waals surface area contributed by atoms with Gasteiger partial charge in [-0.05, 0) is 47.9 Å². The summed E-state index contributed by atoms with van der Waals surface area (Å²) >= 11 is 18.1. The second-order valence-electron chi connectivity index (χ2n) is 9.49. The van der Waals surface area contributed by atoms with E-state index < -0.39 is 23.6 Å². The molecular weight excluding hydrogens is 570 g/mol. The maximum atomic E-state index is 13.3. The first-order valence-electron chi connectivity index (χ1n) is 11.4. The number of carboxylic acid groups (broad SMARTS) is 1. The molecule has 1 fully saturated rings. The number of nitrogens with one attached hydrogen (secondary N) is 1. The monoisotopic (exact) mass is 595 g/mol. The number of carbonyl (C=O) groups excluding carboxylic acids is 2. The second-order valence-corrected chi connectivity index (χ2v) is 10.7. The number of benzene rings is 2. The maximum absolute atomic E-state index is 13.3. The van der Waals surface area contributed by atoms with Gasteiger partial charge in [-0.3, -0.25) is 9.59 Å². The van der Waals surface area contributed by atoms with Gasteiger partial charge >= 0.3 is 12.1 Å². The lowest BCUT2D eigenvalue weighted by atomic mass is 9.85. The average Bonchev–Trinajstić information content (AvgIpc) is 2.83. The van der Waals surface area contributed by atoms with E-state index >= 15 is 0 Å². The number of carboxylic acids is 1. The molecule has 0 aliphatic carbocycles. The molecule has 0 bridgehead atoms. The van der Waals surface area contributed by atoms with E-state index in [1.807, 2.05) is 37.8 Å². The number of nitrogens with zero attached hydrogens (tertiary/aromatic N) is 2. The molecule has 0 unspecified atom stereocenters. The van der Waals surface area contributed by atoms with Crippen LogP contribution in [0.5, 0.6) is 0 Å². The van der Waals surface area contributed by atoms with Gasteiger partial charge < -0.3 is 20.2 Å². The van der Waals surface area contributed by atoms with Crippen LogP contribution in [0.15, 0.2) is 42.5 Å². The van der Waals surface area contributed by atoms with Crippen LogP contribution in [-0.4, -0.2) is 66.2 Å². The van der Waals surface area contributed by atoms with Crippen LogP contribution < -0.4 is 10.2 Å². The number of halogens is 6. The maximum Gasteiger partial charge on any atom is 0.490 e. The van der Waals surface area contributed by atoms with Gasteiger partial charge in [0.05, 0.1) is 10.0 Å². The van der Waals surface area contributed by atoms with Gasteiger partial charge in [0.1, 0.15) is 6.04 Å². The number of anilines is 1. The van der Waals surface area contributed by atoms with Crippen LogP contribution in [0, 0.1) is 5.41 Å². The Morgan fingerprint density at radius 1 is 0.895 bits per heavy atom. The quantitative estimate of drug-likeness (QED) is 0.468. The minimum Gasteiger partial charge on any atom is -0.475 e. The molecule has 2 amide bonds. The Bertz CT molecular complexity index is 1150. The van der Waals surface area contributed by atoms with E-state index in [1.165, 1.54) is 0 Å². The Balaban J connectivity index is 0.000000638. The van der Waals surface area contributed by atoms with Crippen LogP contribution >= 0.6 is 34.8 Å². The summed E-state index contributed by atoms with van der Waals surface area (Å²) < 4.78 is 31.7. The van der Waals surface area contributed by atoms with Crippen LogP contribution in [0.2, 0.25) is 15.1 Å². The van der Waals surface area contributed by atoms with Gasteiger partial charge in [-0.2, -0.15) is 13.2 Å². The Labute approximate surface area is 233 Å². The molecule has 208 valence electrons. The Hall–Kier alpha value is -2.69. The van der Waals surface area contributed by atoms with Gasteiger partial charge in [-0.25, -0.2) is 4.79 Å². The number of hydrogen-bond donors (Lipinski definition) is 2. The summed E-state index contributed by atoms with van der Waals surface area (Å²) in [6.45, 7) is 8.30. The molecule has 2 N–H and O–H groups in total. The van der Waals surface area contributed by atoms with Crippen molar-refractivity contribution in [3.8, 4) is 0 Å². The van der Waals surface area contributed by atoms with E-state index in [2.05, 4.69) is 10.2 Å². The molecule has 1 aliphatic rings. The summed E-state index contributed by atoms with van der Waals surface area (Å²) in [5, 5.41) is 11.6. The highest BCUT2D eigenvalue weighted by Gasteiger charge is 2.38. The normalized spacial score (nSPS) is 14.8. The van der Waals surface area contributed by atoms with Gasteiger partial charge in [0, 0.05) is 42.5 Å². The standard InChI is InChI=1S/C23H26Cl3N3O2.C2HF3O2/c1-23(2,3)20(27-21(30)15-4-6-16(24)7-5-15)22(31)29-12-10-28(11-13-29)17-8-9-18(25)19(26)14-17;3-2(4,5)1(6)7/h4-9,14,20H,10-13H2,1-3H3,(H,27,30);(H,6,7)/t20-;/m0./s1. The van der Waals surface area contributed by atoms with E-state index in [0.29, 0.717) is 46.8 Å². The first kappa shape index (κ1) is 31.5. The van der Waals surface area contributed by atoms with E-state index in [4.69, 9.17) is 44.7 Å². The highest BCUT2D eigenvalue weighted by molar-refractivity contribution is 6.42. The molecule has 0 radical (unpaired) electrons. The third-order valence-electron chi connectivity index (χ3n) is 5.60. The van der Waals surface area contributed by atoms with E-state index in [0.717, 1.165) is 5.69 Å². The van der Waals surface area contributed by atoms with Gasteiger partial charge in [0.25, 0.3) is 5.91 Å². The van der Waals surface area contributed by atoms with Crippen molar-refractivity contribution < 1.29 is 32.7 Å². The van der Waals surface area contributed by atoms with Crippen molar-refractivity contribution in [2.45, 2.75) is 33.0 Å². The molecular formula is C25H27Cl3F3N3O4. The van der Waals surface area contributed by atoms with Gasteiger partial charge in [0.15, 0.2) is 0 Å². The predicted molar refractivity (Wildman–Crippen MR) is 141 cm³/mol. The van der Waals surface area contributed by atoms with E-state index in [-0.39, 0.29) is 11.8 Å². The number of piperazine rings is 1. The summed E-state index contributed by atoms with van der Waals surface area (Å²) in [4.78, 5) is 39.0. The molecule has 2 aromatic carbocycles. The van der Waals surface area contributed by atoms with Crippen molar-refractivity contribution in [2.75, 3.05) is 31.1 Å². The summed E-state index contributed by atoms with van der Waals surface area (Å²) in [7, 11) is 0. The zero-order valence-corrected chi connectivity index (χ0v) is 23.0. The van der Waals surface area contributed by atoms with Crippen molar-refractivity contribution in [3.05, 3.63) is 63.1 Å².